The largest absolute Gasteiger partial charge is 0.511 e. The molecule has 3 N–H and O–H groups in total. The molecule has 1 heterocycles. The van der Waals surface area contributed by atoms with E-state index in [1.807, 2.05) is 6.07 Å². The summed E-state index contributed by atoms with van der Waals surface area (Å²) in [6.45, 7) is 5.76. The third-order valence-corrected chi connectivity index (χ3v) is 6.71. The summed E-state index contributed by atoms with van der Waals surface area (Å²) in [5.74, 6) is 0.330. The van der Waals surface area contributed by atoms with Gasteiger partial charge in [0, 0.05) is 11.5 Å². The fourth-order valence-corrected chi connectivity index (χ4v) is 5.37. The highest BCUT2D eigenvalue weighted by Crippen LogP contribution is 2.54. The zero-order valence-corrected chi connectivity index (χ0v) is 19.1. The molecule has 4 rings (SSSR count). The van der Waals surface area contributed by atoms with Crippen LogP contribution >= 0.6 is 0 Å². The summed E-state index contributed by atoms with van der Waals surface area (Å²) < 4.78 is 15.6. The number of aliphatic hydroxyl groups excluding tert-OH is 1. The summed E-state index contributed by atoms with van der Waals surface area (Å²) in [5.41, 5.74) is 3.23. The van der Waals surface area contributed by atoms with Gasteiger partial charge in [-0.15, -0.1) is 0 Å². The van der Waals surface area contributed by atoms with Crippen LogP contribution in [0.25, 0.3) is 0 Å². The monoisotopic (exact) mass is 449 g/mol. The van der Waals surface area contributed by atoms with Gasteiger partial charge in [-0.1, -0.05) is 18.9 Å². The molecule has 0 unspecified atom stereocenters. The first-order valence-electron chi connectivity index (χ1n) is 11.5. The number of fused-ring (bicyclic) bond motifs is 1. The number of hydrogen-bond acceptors (Lipinski definition) is 7. The lowest BCUT2D eigenvalue weighted by atomic mass is 9.53. The van der Waals surface area contributed by atoms with E-state index in [1.165, 1.54) is 50.2 Å². The van der Waals surface area contributed by atoms with Crippen LogP contribution in [-0.4, -0.2) is 53.9 Å². The normalized spacial score (nSPS) is 26.5. The number of carbonyl (C=O) groups excluding carboxylic acids is 1. The SMILES string of the molecule is CC(C)OC(=O)OCOc1ccc2c(c1)[C@@]13CCCC[C@@H]1[C@H](C2)NCC3.C[C@H](O)C(=O)O. The number of rotatable bonds is 5. The maximum atomic E-state index is 11.5. The first-order chi connectivity index (χ1) is 15.2. The Bertz CT molecular complexity index is 806. The minimum Gasteiger partial charge on any atom is -0.479 e. The van der Waals surface area contributed by atoms with Crippen molar-refractivity contribution >= 4 is 12.1 Å². The van der Waals surface area contributed by atoms with E-state index in [-0.39, 0.29) is 12.9 Å². The van der Waals surface area contributed by atoms with E-state index in [4.69, 9.17) is 24.4 Å². The standard InChI is InChI=1S/C21H29NO4.C3H6O3/c1-14(2)26-20(23)25-13-24-16-7-6-15-11-19-17-5-3-4-8-21(17,9-10-22-19)18(15)12-16;1-2(4)3(5)6/h6-7,12,14,17,19,22H,3-5,8-11,13H2,1-2H3;2,4H,1H3,(H,5,6)/t17-,19+,21-;2-/m10/s1. The van der Waals surface area contributed by atoms with Crippen LogP contribution in [0.4, 0.5) is 4.79 Å². The number of aliphatic hydroxyl groups is 1. The Labute approximate surface area is 189 Å². The van der Waals surface area contributed by atoms with Crippen molar-refractivity contribution in [2.45, 2.75) is 83.0 Å². The summed E-state index contributed by atoms with van der Waals surface area (Å²) in [5, 5.41) is 19.5. The van der Waals surface area contributed by atoms with Gasteiger partial charge in [-0.25, -0.2) is 9.59 Å². The number of benzene rings is 1. The molecule has 32 heavy (non-hydrogen) atoms. The smallest absolute Gasteiger partial charge is 0.479 e. The number of carboxylic acid groups (broad SMARTS) is 1. The number of aliphatic carboxylic acids is 1. The zero-order chi connectivity index (χ0) is 23.3. The predicted molar refractivity (Wildman–Crippen MR) is 118 cm³/mol. The van der Waals surface area contributed by atoms with Crippen molar-refractivity contribution in [3.8, 4) is 5.75 Å². The lowest BCUT2D eigenvalue weighted by Gasteiger charge is -2.56. The van der Waals surface area contributed by atoms with Gasteiger partial charge in [-0.3, -0.25) is 0 Å². The summed E-state index contributed by atoms with van der Waals surface area (Å²) in [4.78, 5) is 20.9. The van der Waals surface area contributed by atoms with Crippen molar-refractivity contribution < 1.29 is 34.0 Å². The van der Waals surface area contributed by atoms with Gasteiger partial charge in [0.15, 0.2) is 0 Å². The van der Waals surface area contributed by atoms with Gasteiger partial charge in [0.25, 0.3) is 0 Å². The van der Waals surface area contributed by atoms with Crippen LogP contribution in [0, 0.1) is 5.92 Å². The lowest BCUT2D eigenvalue weighted by Crippen LogP contribution is -2.59. The molecule has 2 aliphatic carbocycles. The quantitative estimate of drug-likeness (QED) is 0.463. The summed E-state index contributed by atoms with van der Waals surface area (Å²) in [6.07, 6.45) is 5.48. The van der Waals surface area contributed by atoms with Crippen LogP contribution in [0.5, 0.6) is 5.75 Å². The average Bonchev–Trinajstić information content (AvgIpc) is 2.74. The van der Waals surface area contributed by atoms with Crippen molar-refractivity contribution in [1.82, 2.24) is 5.32 Å². The molecule has 1 aromatic rings. The Hall–Kier alpha value is -2.32. The molecule has 0 aromatic heterocycles. The fourth-order valence-electron chi connectivity index (χ4n) is 5.37. The van der Waals surface area contributed by atoms with E-state index in [0.29, 0.717) is 11.5 Å². The minimum absolute atomic E-state index is 0.120. The highest BCUT2D eigenvalue weighted by atomic mass is 16.8. The average molecular weight is 450 g/mol. The minimum atomic E-state index is -1.23. The molecular formula is C24H35NO7. The molecule has 8 nitrogen and oxygen atoms in total. The third kappa shape index (κ3) is 5.53. The maximum Gasteiger partial charge on any atom is 0.511 e. The van der Waals surface area contributed by atoms with Crippen LogP contribution in [0.1, 0.15) is 64.0 Å². The number of carboxylic acids is 1. The highest BCUT2D eigenvalue weighted by Gasteiger charge is 2.51. The molecule has 3 aliphatic rings. The molecule has 4 atom stereocenters. The van der Waals surface area contributed by atoms with Crippen LogP contribution in [-0.2, 0) is 26.1 Å². The second kappa shape index (κ2) is 10.5. The van der Waals surface area contributed by atoms with Crippen molar-refractivity contribution in [3.05, 3.63) is 29.3 Å². The molecule has 1 aromatic carbocycles. The third-order valence-electron chi connectivity index (χ3n) is 6.71. The molecule has 1 saturated carbocycles. The number of piperidine rings is 1. The Morgan fingerprint density at radius 3 is 2.66 bits per heavy atom. The first kappa shape index (κ1) is 24.3. The molecule has 1 aliphatic heterocycles. The van der Waals surface area contributed by atoms with Crippen molar-refractivity contribution in [1.29, 1.82) is 0 Å². The lowest BCUT2D eigenvalue weighted by molar-refractivity contribution is -0.145. The van der Waals surface area contributed by atoms with Gasteiger partial charge in [0.2, 0.25) is 6.79 Å². The van der Waals surface area contributed by atoms with Gasteiger partial charge in [-0.05, 0) is 82.2 Å². The molecule has 8 heteroatoms. The topological polar surface area (TPSA) is 114 Å². The molecule has 2 bridgehead atoms. The molecule has 178 valence electrons. The van der Waals surface area contributed by atoms with Crippen molar-refractivity contribution in [3.63, 3.8) is 0 Å². The predicted octanol–water partition coefficient (Wildman–Crippen LogP) is 3.38. The second-order valence-electron chi connectivity index (χ2n) is 9.18. The van der Waals surface area contributed by atoms with Gasteiger partial charge in [0.05, 0.1) is 6.10 Å². The number of ether oxygens (including phenoxy) is 3. The Balaban J connectivity index is 0.000000427. The highest BCUT2D eigenvalue weighted by molar-refractivity contribution is 5.71. The Morgan fingerprint density at radius 1 is 1.22 bits per heavy atom. The number of nitrogens with one attached hydrogen (secondary N) is 1. The summed E-state index contributed by atoms with van der Waals surface area (Å²) >= 11 is 0. The van der Waals surface area contributed by atoms with Gasteiger partial charge in [-0.2, -0.15) is 0 Å². The molecule has 1 saturated heterocycles. The molecular weight excluding hydrogens is 414 g/mol. The van der Waals surface area contributed by atoms with Crippen LogP contribution in [0.3, 0.4) is 0 Å². The van der Waals surface area contributed by atoms with Crippen molar-refractivity contribution in [2.75, 3.05) is 13.3 Å². The fraction of sp³-hybridized carbons (Fsp3) is 0.667. The van der Waals surface area contributed by atoms with Gasteiger partial charge in [0.1, 0.15) is 11.9 Å². The van der Waals surface area contributed by atoms with Gasteiger partial charge < -0.3 is 29.7 Å². The van der Waals surface area contributed by atoms with Gasteiger partial charge >= 0.3 is 12.1 Å². The number of carbonyl (C=O) groups is 2. The summed E-state index contributed by atoms with van der Waals surface area (Å²) in [7, 11) is 0. The maximum absolute atomic E-state index is 11.5. The van der Waals surface area contributed by atoms with Crippen LogP contribution in [0.15, 0.2) is 18.2 Å². The van der Waals surface area contributed by atoms with Crippen LogP contribution < -0.4 is 10.1 Å². The molecule has 0 amide bonds. The van der Waals surface area contributed by atoms with E-state index in [1.54, 1.807) is 13.8 Å². The number of hydrogen-bond donors (Lipinski definition) is 3. The van der Waals surface area contributed by atoms with Crippen molar-refractivity contribution in [2.24, 2.45) is 5.92 Å². The molecule has 0 radical (unpaired) electrons. The van der Waals surface area contributed by atoms with E-state index in [0.717, 1.165) is 24.6 Å². The van der Waals surface area contributed by atoms with E-state index >= 15 is 0 Å². The van der Waals surface area contributed by atoms with E-state index in [2.05, 4.69) is 17.4 Å². The first-order valence-corrected chi connectivity index (χ1v) is 11.5. The van der Waals surface area contributed by atoms with Crippen LogP contribution in [0.2, 0.25) is 0 Å². The Morgan fingerprint density at radius 2 is 1.97 bits per heavy atom. The molecule has 0 spiro atoms. The van der Waals surface area contributed by atoms with E-state index < -0.39 is 18.2 Å². The zero-order valence-electron chi connectivity index (χ0n) is 19.1. The second-order valence-corrected chi connectivity index (χ2v) is 9.18. The summed E-state index contributed by atoms with van der Waals surface area (Å²) in [6, 6.07) is 7.01. The molecule has 2 fully saturated rings. The van der Waals surface area contributed by atoms with E-state index in [9.17, 15) is 9.59 Å². The Kier molecular flexibility index (Phi) is 8.00.